The Balaban J connectivity index is 1.21. The van der Waals surface area contributed by atoms with E-state index in [0.717, 1.165) is 31.6 Å². The second-order valence-corrected chi connectivity index (χ2v) is 8.86. The number of carbonyl (C=O) groups excluding carboxylic acids is 1. The molecule has 33 heavy (non-hydrogen) atoms. The van der Waals surface area contributed by atoms with Gasteiger partial charge < -0.3 is 10.2 Å². The first-order valence-electron chi connectivity index (χ1n) is 11.6. The molecule has 2 heterocycles. The Morgan fingerprint density at radius 1 is 1.03 bits per heavy atom. The molecular formula is C25H28FN5O2. The first kappa shape index (κ1) is 21.6. The van der Waals surface area contributed by atoms with E-state index in [0.29, 0.717) is 48.7 Å². The molecule has 1 saturated heterocycles. The number of halogens is 1. The van der Waals surface area contributed by atoms with E-state index < -0.39 is 0 Å². The molecule has 0 radical (unpaired) electrons. The largest absolute Gasteiger partial charge is 0.382 e. The number of fused-ring (bicyclic) bond motifs is 1. The van der Waals surface area contributed by atoms with Crippen molar-refractivity contribution in [2.75, 3.05) is 38.0 Å². The first-order valence-corrected chi connectivity index (χ1v) is 11.6. The maximum absolute atomic E-state index is 13.2. The minimum Gasteiger partial charge on any atom is -0.382 e. The van der Waals surface area contributed by atoms with Crippen molar-refractivity contribution >= 4 is 22.5 Å². The average molecular weight is 450 g/mol. The van der Waals surface area contributed by atoms with Crippen LogP contribution in [0.4, 0.5) is 10.1 Å². The van der Waals surface area contributed by atoms with Crippen LogP contribution in [0.25, 0.3) is 10.9 Å². The van der Waals surface area contributed by atoms with Gasteiger partial charge in [0.2, 0.25) is 0 Å². The molecule has 172 valence electrons. The molecule has 1 aromatic heterocycles. The van der Waals surface area contributed by atoms with Gasteiger partial charge in [-0.15, -0.1) is 0 Å². The number of carbonyl (C=O) groups is 1. The van der Waals surface area contributed by atoms with Gasteiger partial charge in [0, 0.05) is 56.6 Å². The summed E-state index contributed by atoms with van der Waals surface area (Å²) in [6.45, 7) is 3.94. The SMILES string of the molecule is O=C(c1ccc(F)cc1)N1CCN(CCn2cnc3cccc(NC4CCC4)c3c2=O)CC1. The number of hydrogen-bond acceptors (Lipinski definition) is 5. The van der Waals surface area contributed by atoms with Crippen molar-refractivity contribution in [2.45, 2.75) is 31.8 Å². The molecule has 1 aliphatic heterocycles. The minimum atomic E-state index is -0.347. The second kappa shape index (κ2) is 9.31. The van der Waals surface area contributed by atoms with E-state index in [9.17, 15) is 14.0 Å². The van der Waals surface area contributed by atoms with Crippen LogP contribution in [-0.2, 0) is 6.54 Å². The lowest BCUT2D eigenvalue weighted by Crippen LogP contribution is -2.49. The smallest absolute Gasteiger partial charge is 0.263 e. The molecule has 2 aromatic carbocycles. The highest BCUT2D eigenvalue weighted by molar-refractivity contribution is 5.94. The lowest BCUT2D eigenvalue weighted by molar-refractivity contribution is 0.0633. The highest BCUT2D eigenvalue weighted by Gasteiger charge is 2.23. The molecule has 0 atom stereocenters. The van der Waals surface area contributed by atoms with E-state index in [1.807, 2.05) is 18.2 Å². The van der Waals surface area contributed by atoms with Crippen LogP contribution in [0.3, 0.4) is 0 Å². The Kier molecular flexibility index (Phi) is 6.09. The average Bonchev–Trinajstić information content (AvgIpc) is 2.81. The number of piperazine rings is 1. The van der Waals surface area contributed by atoms with Crippen LogP contribution in [0.5, 0.6) is 0 Å². The summed E-state index contributed by atoms with van der Waals surface area (Å²) in [5.74, 6) is -0.420. The fourth-order valence-electron chi connectivity index (χ4n) is 4.45. The molecule has 1 amide bonds. The van der Waals surface area contributed by atoms with E-state index in [2.05, 4.69) is 15.2 Å². The van der Waals surface area contributed by atoms with Crippen molar-refractivity contribution in [3.05, 3.63) is 70.5 Å². The summed E-state index contributed by atoms with van der Waals surface area (Å²) in [7, 11) is 0. The predicted molar refractivity (Wildman–Crippen MR) is 126 cm³/mol. The number of benzene rings is 2. The van der Waals surface area contributed by atoms with Crippen LogP contribution in [-0.4, -0.2) is 64.0 Å². The highest BCUT2D eigenvalue weighted by atomic mass is 19.1. The van der Waals surface area contributed by atoms with Crippen LogP contribution < -0.4 is 10.9 Å². The van der Waals surface area contributed by atoms with Gasteiger partial charge in [-0.3, -0.25) is 19.1 Å². The maximum Gasteiger partial charge on any atom is 0.263 e. The fourth-order valence-corrected chi connectivity index (χ4v) is 4.45. The zero-order chi connectivity index (χ0) is 22.8. The summed E-state index contributed by atoms with van der Waals surface area (Å²) in [6.07, 6.45) is 5.14. The quantitative estimate of drug-likeness (QED) is 0.627. The second-order valence-electron chi connectivity index (χ2n) is 8.86. The van der Waals surface area contributed by atoms with E-state index in [4.69, 9.17) is 0 Å². The molecule has 7 nitrogen and oxygen atoms in total. The third kappa shape index (κ3) is 4.61. The number of amides is 1. The lowest BCUT2D eigenvalue weighted by atomic mass is 9.93. The van der Waals surface area contributed by atoms with Crippen LogP contribution >= 0.6 is 0 Å². The van der Waals surface area contributed by atoms with Gasteiger partial charge in [-0.25, -0.2) is 9.37 Å². The Hall–Kier alpha value is -3.26. The molecular weight excluding hydrogens is 421 g/mol. The number of hydrogen-bond donors (Lipinski definition) is 1. The molecule has 8 heteroatoms. The molecule has 1 aliphatic carbocycles. The van der Waals surface area contributed by atoms with Gasteiger partial charge in [0.1, 0.15) is 5.82 Å². The molecule has 3 aromatic rings. The summed E-state index contributed by atoms with van der Waals surface area (Å²) < 4.78 is 14.8. The Morgan fingerprint density at radius 3 is 2.48 bits per heavy atom. The summed E-state index contributed by atoms with van der Waals surface area (Å²) >= 11 is 0. The van der Waals surface area contributed by atoms with Crippen molar-refractivity contribution in [2.24, 2.45) is 0 Å². The summed E-state index contributed by atoms with van der Waals surface area (Å²) in [4.78, 5) is 34.4. The van der Waals surface area contributed by atoms with Gasteiger partial charge in [-0.05, 0) is 55.7 Å². The first-order chi connectivity index (χ1) is 16.1. The Bertz CT molecular complexity index is 1200. The summed E-state index contributed by atoms with van der Waals surface area (Å²) in [6, 6.07) is 11.9. The lowest BCUT2D eigenvalue weighted by Gasteiger charge is -2.34. The third-order valence-corrected chi connectivity index (χ3v) is 6.73. The fraction of sp³-hybridized carbons (Fsp3) is 0.400. The molecule has 1 N–H and O–H groups in total. The topological polar surface area (TPSA) is 70.5 Å². The van der Waals surface area contributed by atoms with Crippen LogP contribution in [0.15, 0.2) is 53.6 Å². The zero-order valence-electron chi connectivity index (χ0n) is 18.5. The van der Waals surface area contributed by atoms with Crippen LogP contribution in [0.2, 0.25) is 0 Å². The minimum absolute atomic E-state index is 0.0208. The number of rotatable bonds is 6. The van der Waals surface area contributed by atoms with Gasteiger partial charge in [-0.2, -0.15) is 0 Å². The summed E-state index contributed by atoms with van der Waals surface area (Å²) in [5, 5.41) is 4.16. The van der Waals surface area contributed by atoms with Crippen molar-refractivity contribution in [3.63, 3.8) is 0 Å². The van der Waals surface area contributed by atoms with E-state index >= 15 is 0 Å². The predicted octanol–water partition coefficient (Wildman–Crippen LogP) is 2.96. The monoisotopic (exact) mass is 449 g/mol. The number of nitrogens with zero attached hydrogens (tertiary/aromatic N) is 4. The van der Waals surface area contributed by atoms with Crippen LogP contribution in [0, 0.1) is 5.82 Å². The Labute approximate surface area is 191 Å². The molecule has 1 saturated carbocycles. The molecule has 5 rings (SSSR count). The molecule has 0 bridgehead atoms. The molecule has 2 fully saturated rings. The van der Waals surface area contributed by atoms with Gasteiger partial charge in [0.05, 0.1) is 17.2 Å². The highest BCUT2D eigenvalue weighted by Crippen LogP contribution is 2.26. The standard InChI is InChI=1S/C25H28FN5O2/c26-19-9-7-18(8-10-19)24(32)30-14-11-29(12-15-30)13-16-31-17-27-21-5-2-6-22(23(21)25(31)33)28-20-3-1-4-20/h2,5-10,17,20,28H,1,3-4,11-16H2. The molecule has 2 aliphatic rings. The maximum atomic E-state index is 13.2. The molecule has 0 spiro atoms. The summed E-state index contributed by atoms with van der Waals surface area (Å²) in [5.41, 5.74) is 2.07. The van der Waals surface area contributed by atoms with Gasteiger partial charge in [0.25, 0.3) is 11.5 Å². The van der Waals surface area contributed by atoms with E-state index in [-0.39, 0.29) is 17.3 Å². The number of nitrogens with one attached hydrogen (secondary N) is 1. The zero-order valence-corrected chi connectivity index (χ0v) is 18.5. The van der Waals surface area contributed by atoms with Crippen molar-refractivity contribution in [1.82, 2.24) is 19.4 Å². The van der Waals surface area contributed by atoms with Crippen molar-refractivity contribution in [3.8, 4) is 0 Å². The van der Waals surface area contributed by atoms with Crippen LogP contribution in [0.1, 0.15) is 29.6 Å². The van der Waals surface area contributed by atoms with Gasteiger partial charge in [-0.1, -0.05) is 6.07 Å². The van der Waals surface area contributed by atoms with Gasteiger partial charge in [0.15, 0.2) is 0 Å². The van der Waals surface area contributed by atoms with Gasteiger partial charge >= 0.3 is 0 Å². The molecule has 0 unspecified atom stereocenters. The number of aromatic nitrogens is 2. The van der Waals surface area contributed by atoms with E-state index in [1.165, 1.54) is 30.7 Å². The number of anilines is 1. The van der Waals surface area contributed by atoms with E-state index in [1.54, 1.807) is 15.8 Å². The van der Waals surface area contributed by atoms with Crippen molar-refractivity contribution in [1.29, 1.82) is 0 Å². The third-order valence-electron chi connectivity index (χ3n) is 6.73. The normalized spacial score (nSPS) is 17.2. The Morgan fingerprint density at radius 2 is 1.79 bits per heavy atom. The van der Waals surface area contributed by atoms with Crippen molar-refractivity contribution < 1.29 is 9.18 Å².